The summed E-state index contributed by atoms with van der Waals surface area (Å²) in [4.78, 5) is 15.7. The average molecular weight is 481 g/mol. The maximum atomic E-state index is 13.6. The van der Waals surface area contributed by atoms with Gasteiger partial charge in [-0.15, -0.1) is 24.0 Å². The molecule has 0 aliphatic carbocycles. The standard InChI is InChI=1S/C18H28FN3O3.HI/c1-4-20-18(21-12-8-11-17(23)24-5-2)22-13-14(3)25-16-10-7-6-9-15(16)19;/h6-7,9-10,14H,4-5,8,11-13H2,1-3H3,(H2,20,21,22);1H. The van der Waals surface area contributed by atoms with Crippen molar-refractivity contribution in [3.8, 4) is 5.75 Å². The normalized spacial score (nSPS) is 11.9. The highest BCUT2D eigenvalue weighted by atomic mass is 127. The highest BCUT2D eigenvalue weighted by Gasteiger charge is 2.08. The van der Waals surface area contributed by atoms with Crippen molar-refractivity contribution in [3.05, 3.63) is 30.1 Å². The second-order valence-corrected chi connectivity index (χ2v) is 5.41. The van der Waals surface area contributed by atoms with Gasteiger partial charge in [0.15, 0.2) is 17.5 Å². The molecule has 2 N–H and O–H groups in total. The fourth-order valence-corrected chi connectivity index (χ4v) is 2.03. The molecule has 1 aromatic carbocycles. The lowest BCUT2D eigenvalue weighted by atomic mass is 10.3. The molecule has 0 saturated carbocycles. The number of carbonyl (C=O) groups excluding carboxylic acids is 1. The molecule has 0 aromatic heterocycles. The van der Waals surface area contributed by atoms with Crippen LogP contribution in [-0.2, 0) is 9.53 Å². The lowest BCUT2D eigenvalue weighted by molar-refractivity contribution is -0.143. The van der Waals surface area contributed by atoms with Crippen molar-refractivity contribution in [1.82, 2.24) is 10.6 Å². The third kappa shape index (κ3) is 10.4. The Morgan fingerprint density at radius 3 is 2.65 bits per heavy atom. The monoisotopic (exact) mass is 481 g/mol. The predicted octanol–water partition coefficient (Wildman–Crippen LogP) is 3.11. The topological polar surface area (TPSA) is 72.0 Å². The molecule has 0 aliphatic rings. The van der Waals surface area contributed by atoms with Gasteiger partial charge in [0.2, 0.25) is 0 Å². The summed E-state index contributed by atoms with van der Waals surface area (Å²) < 4.78 is 24.0. The zero-order chi connectivity index (χ0) is 18.5. The van der Waals surface area contributed by atoms with Crippen LogP contribution in [0, 0.1) is 5.82 Å². The SMILES string of the molecule is CCNC(=NCC(C)Oc1ccccc1F)NCCCC(=O)OCC.I. The number of carbonyl (C=O) groups is 1. The van der Waals surface area contributed by atoms with Crippen molar-refractivity contribution in [3.63, 3.8) is 0 Å². The van der Waals surface area contributed by atoms with Crippen LogP contribution in [0.3, 0.4) is 0 Å². The van der Waals surface area contributed by atoms with E-state index in [4.69, 9.17) is 9.47 Å². The second-order valence-electron chi connectivity index (χ2n) is 5.41. The smallest absolute Gasteiger partial charge is 0.305 e. The Bertz CT molecular complexity index is 558. The largest absolute Gasteiger partial charge is 0.486 e. The molecule has 0 heterocycles. The molecule has 148 valence electrons. The molecule has 1 unspecified atom stereocenters. The summed E-state index contributed by atoms with van der Waals surface area (Å²) in [5.41, 5.74) is 0. The molecule has 0 spiro atoms. The van der Waals surface area contributed by atoms with E-state index in [1.54, 1.807) is 25.1 Å². The second kappa shape index (κ2) is 14.6. The molecule has 0 amide bonds. The quantitative estimate of drug-likeness (QED) is 0.177. The van der Waals surface area contributed by atoms with E-state index < -0.39 is 0 Å². The van der Waals surface area contributed by atoms with Crippen LogP contribution >= 0.6 is 24.0 Å². The minimum atomic E-state index is -0.387. The fraction of sp³-hybridized carbons (Fsp3) is 0.556. The molecule has 1 atom stereocenters. The lowest BCUT2D eigenvalue weighted by Gasteiger charge is -2.15. The molecule has 0 aliphatic heterocycles. The van der Waals surface area contributed by atoms with E-state index in [0.29, 0.717) is 45.0 Å². The highest BCUT2D eigenvalue weighted by molar-refractivity contribution is 14.0. The third-order valence-corrected chi connectivity index (χ3v) is 3.17. The van der Waals surface area contributed by atoms with Crippen molar-refractivity contribution in [2.24, 2.45) is 4.99 Å². The molecule has 26 heavy (non-hydrogen) atoms. The van der Waals surface area contributed by atoms with Gasteiger partial charge in [0.05, 0.1) is 13.2 Å². The summed E-state index contributed by atoms with van der Waals surface area (Å²) in [6.45, 7) is 7.68. The first kappa shape index (κ1) is 24.4. The van der Waals surface area contributed by atoms with Crippen LogP contribution < -0.4 is 15.4 Å². The number of rotatable bonds is 10. The molecule has 1 rings (SSSR count). The highest BCUT2D eigenvalue weighted by Crippen LogP contribution is 2.16. The van der Waals surface area contributed by atoms with Gasteiger partial charge in [-0.2, -0.15) is 0 Å². The molecular weight excluding hydrogens is 452 g/mol. The van der Waals surface area contributed by atoms with Crippen LogP contribution in [0.4, 0.5) is 4.39 Å². The number of halogens is 2. The zero-order valence-corrected chi connectivity index (χ0v) is 17.9. The molecule has 1 aromatic rings. The maximum absolute atomic E-state index is 13.6. The van der Waals surface area contributed by atoms with E-state index in [-0.39, 0.29) is 47.6 Å². The van der Waals surface area contributed by atoms with Gasteiger partial charge in [0.25, 0.3) is 0 Å². The Balaban J connectivity index is 0.00000625. The minimum Gasteiger partial charge on any atom is -0.486 e. The first-order valence-corrected chi connectivity index (χ1v) is 8.65. The minimum absolute atomic E-state index is 0. The summed E-state index contributed by atoms with van der Waals surface area (Å²) in [5.74, 6) is 0.272. The van der Waals surface area contributed by atoms with Crippen molar-refractivity contribution in [2.45, 2.75) is 39.7 Å². The number of hydrogen-bond acceptors (Lipinski definition) is 4. The van der Waals surface area contributed by atoms with Crippen LogP contribution in [0.1, 0.15) is 33.6 Å². The van der Waals surface area contributed by atoms with Gasteiger partial charge >= 0.3 is 5.97 Å². The van der Waals surface area contributed by atoms with Crippen LogP contribution in [0.15, 0.2) is 29.3 Å². The maximum Gasteiger partial charge on any atom is 0.305 e. The van der Waals surface area contributed by atoms with E-state index in [2.05, 4.69) is 15.6 Å². The van der Waals surface area contributed by atoms with Gasteiger partial charge < -0.3 is 20.1 Å². The Morgan fingerprint density at radius 1 is 1.27 bits per heavy atom. The van der Waals surface area contributed by atoms with Crippen LogP contribution in [0.5, 0.6) is 5.75 Å². The summed E-state index contributed by atoms with van der Waals surface area (Å²) in [7, 11) is 0. The van der Waals surface area contributed by atoms with Crippen molar-refractivity contribution in [2.75, 3.05) is 26.2 Å². The first-order chi connectivity index (χ1) is 12.1. The number of nitrogens with one attached hydrogen (secondary N) is 2. The van der Waals surface area contributed by atoms with Gasteiger partial charge in [-0.05, 0) is 39.3 Å². The fourth-order valence-electron chi connectivity index (χ4n) is 2.03. The third-order valence-electron chi connectivity index (χ3n) is 3.17. The van der Waals surface area contributed by atoms with E-state index in [1.807, 2.05) is 13.8 Å². The van der Waals surface area contributed by atoms with E-state index >= 15 is 0 Å². The number of nitrogens with zero attached hydrogens (tertiary/aromatic N) is 1. The van der Waals surface area contributed by atoms with Gasteiger partial charge in [-0.3, -0.25) is 4.79 Å². The molecule has 0 radical (unpaired) electrons. The molecule has 6 nitrogen and oxygen atoms in total. The summed E-state index contributed by atoms with van der Waals surface area (Å²) in [6.07, 6.45) is 0.754. The first-order valence-electron chi connectivity index (χ1n) is 8.65. The number of benzene rings is 1. The number of hydrogen-bond donors (Lipinski definition) is 2. The van der Waals surface area contributed by atoms with Crippen LogP contribution in [0.25, 0.3) is 0 Å². The van der Waals surface area contributed by atoms with Gasteiger partial charge in [-0.25, -0.2) is 9.38 Å². The number of esters is 1. The van der Waals surface area contributed by atoms with E-state index in [1.165, 1.54) is 6.07 Å². The predicted molar refractivity (Wildman–Crippen MR) is 112 cm³/mol. The number of para-hydroxylation sites is 1. The van der Waals surface area contributed by atoms with Gasteiger partial charge in [-0.1, -0.05) is 12.1 Å². The molecule has 0 saturated heterocycles. The van der Waals surface area contributed by atoms with Crippen molar-refractivity contribution in [1.29, 1.82) is 0 Å². The summed E-state index contributed by atoms with van der Waals surface area (Å²) in [5, 5.41) is 6.27. The molecule has 0 bridgehead atoms. The van der Waals surface area contributed by atoms with E-state index in [9.17, 15) is 9.18 Å². The number of aliphatic imine (C=N–C) groups is 1. The zero-order valence-electron chi connectivity index (χ0n) is 15.6. The van der Waals surface area contributed by atoms with E-state index in [0.717, 1.165) is 0 Å². The molecular formula is C18H29FIN3O3. The molecule has 8 heteroatoms. The Morgan fingerprint density at radius 2 is 2.00 bits per heavy atom. The Hall–Kier alpha value is -1.58. The summed E-state index contributed by atoms with van der Waals surface area (Å²) >= 11 is 0. The van der Waals surface area contributed by atoms with Gasteiger partial charge in [0.1, 0.15) is 6.10 Å². The average Bonchev–Trinajstić information content (AvgIpc) is 2.58. The van der Waals surface area contributed by atoms with Crippen molar-refractivity contribution < 1.29 is 18.7 Å². The summed E-state index contributed by atoms with van der Waals surface area (Å²) in [6, 6.07) is 6.30. The number of guanidine groups is 1. The van der Waals surface area contributed by atoms with Gasteiger partial charge in [0, 0.05) is 19.5 Å². The van der Waals surface area contributed by atoms with Crippen LogP contribution in [0.2, 0.25) is 0 Å². The number of ether oxygens (including phenoxy) is 2. The Labute approximate surface area is 172 Å². The molecule has 0 fully saturated rings. The lowest BCUT2D eigenvalue weighted by Crippen LogP contribution is -2.38. The van der Waals surface area contributed by atoms with Crippen LogP contribution in [-0.4, -0.2) is 44.3 Å². The Kier molecular flexibility index (Phi) is 13.7. The van der Waals surface area contributed by atoms with Crippen molar-refractivity contribution >= 4 is 35.9 Å².